The fraction of sp³-hybridized carbons (Fsp3) is 0.211. The highest BCUT2D eigenvalue weighted by atomic mass is 32.1. The third kappa shape index (κ3) is 2.82. The van der Waals surface area contributed by atoms with Crippen molar-refractivity contribution < 1.29 is 4.79 Å². The molecule has 3 nitrogen and oxygen atoms in total. The van der Waals surface area contributed by atoms with Crippen molar-refractivity contribution in [3.05, 3.63) is 59.5 Å². The van der Waals surface area contributed by atoms with Crippen LogP contribution in [0.15, 0.2) is 54.6 Å². The van der Waals surface area contributed by atoms with Gasteiger partial charge in [0.1, 0.15) is 0 Å². The summed E-state index contributed by atoms with van der Waals surface area (Å²) in [6, 6.07) is 18.1. The normalized spacial score (nSPS) is 14.3. The summed E-state index contributed by atoms with van der Waals surface area (Å²) in [6.07, 6.45) is 2.44. The van der Waals surface area contributed by atoms with Gasteiger partial charge < -0.3 is 10.2 Å². The van der Waals surface area contributed by atoms with Crippen LogP contribution in [-0.4, -0.2) is 19.0 Å². The van der Waals surface area contributed by atoms with Gasteiger partial charge in [-0.3, -0.25) is 4.79 Å². The molecule has 0 atom stereocenters. The van der Waals surface area contributed by atoms with Crippen molar-refractivity contribution in [1.82, 2.24) is 0 Å². The van der Waals surface area contributed by atoms with Gasteiger partial charge in [-0.1, -0.05) is 30.3 Å². The first-order valence-corrected chi connectivity index (χ1v) is 8.77. The largest absolute Gasteiger partial charge is 0.370 e. The maximum Gasteiger partial charge on any atom is 0.265 e. The zero-order valence-electron chi connectivity index (χ0n) is 12.8. The standard InChI is InChI=1S/C19H18N2OS/c22-19(18-13-14-7-1-4-10-17(14)23-18)20-15-8-2-3-9-16(15)21-11-5-6-12-21/h1-4,7-10,13H,5-6,11-12H2,(H,20,22). The molecule has 0 radical (unpaired) electrons. The summed E-state index contributed by atoms with van der Waals surface area (Å²) in [4.78, 5) is 15.7. The van der Waals surface area contributed by atoms with Gasteiger partial charge in [-0.25, -0.2) is 0 Å². The monoisotopic (exact) mass is 322 g/mol. The van der Waals surface area contributed by atoms with Crippen LogP contribution in [0.4, 0.5) is 11.4 Å². The second kappa shape index (κ2) is 6.05. The molecular formula is C19H18N2OS. The van der Waals surface area contributed by atoms with Gasteiger partial charge in [-0.05, 0) is 42.5 Å². The highest BCUT2D eigenvalue weighted by molar-refractivity contribution is 7.20. The van der Waals surface area contributed by atoms with E-state index in [2.05, 4.69) is 22.3 Å². The molecule has 0 saturated carbocycles. The number of rotatable bonds is 3. The van der Waals surface area contributed by atoms with Crippen molar-refractivity contribution in [3.63, 3.8) is 0 Å². The van der Waals surface area contributed by atoms with E-state index < -0.39 is 0 Å². The number of para-hydroxylation sites is 2. The van der Waals surface area contributed by atoms with E-state index in [9.17, 15) is 4.79 Å². The minimum atomic E-state index is -0.0298. The molecule has 4 heteroatoms. The Labute approximate surface area is 139 Å². The lowest BCUT2D eigenvalue weighted by atomic mass is 10.2. The number of nitrogens with zero attached hydrogens (tertiary/aromatic N) is 1. The average Bonchev–Trinajstić information content (AvgIpc) is 3.25. The number of thiophene rings is 1. The Morgan fingerprint density at radius 2 is 1.74 bits per heavy atom. The Hall–Kier alpha value is -2.33. The van der Waals surface area contributed by atoms with Crippen molar-refractivity contribution in [2.45, 2.75) is 12.8 Å². The summed E-state index contributed by atoms with van der Waals surface area (Å²) in [6.45, 7) is 2.13. The first kappa shape index (κ1) is 14.3. The fourth-order valence-corrected chi connectivity index (χ4v) is 4.05. The zero-order chi connectivity index (χ0) is 15.6. The molecule has 1 N–H and O–H groups in total. The number of amides is 1. The SMILES string of the molecule is O=C(Nc1ccccc1N1CCCC1)c1cc2ccccc2s1. The lowest BCUT2D eigenvalue weighted by Gasteiger charge is -2.21. The Morgan fingerprint density at radius 3 is 2.57 bits per heavy atom. The predicted molar refractivity (Wildman–Crippen MR) is 97.7 cm³/mol. The molecule has 1 saturated heterocycles. The van der Waals surface area contributed by atoms with E-state index in [1.807, 2.05) is 42.5 Å². The first-order valence-electron chi connectivity index (χ1n) is 7.95. The van der Waals surface area contributed by atoms with Crippen LogP contribution in [0, 0.1) is 0 Å². The molecule has 4 rings (SSSR count). The van der Waals surface area contributed by atoms with Crippen LogP contribution >= 0.6 is 11.3 Å². The van der Waals surface area contributed by atoms with E-state index in [-0.39, 0.29) is 5.91 Å². The molecule has 0 bridgehead atoms. The van der Waals surface area contributed by atoms with Crippen molar-refractivity contribution in [3.8, 4) is 0 Å². The Kier molecular flexibility index (Phi) is 3.75. The lowest BCUT2D eigenvalue weighted by Crippen LogP contribution is -2.20. The van der Waals surface area contributed by atoms with E-state index in [0.29, 0.717) is 0 Å². The highest BCUT2D eigenvalue weighted by Gasteiger charge is 2.17. The Balaban J connectivity index is 1.61. The van der Waals surface area contributed by atoms with Gasteiger partial charge >= 0.3 is 0 Å². The van der Waals surface area contributed by atoms with E-state index >= 15 is 0 Å². The minimum Gasteiger partial charge on any atom is -0.370 e. The van der Waals surface area contributed by atoms with E-state index in [1.54, 1.807) is 0 Å². The van der Waals surface area contributed by atoms with Crippen molar-refractivity contribution in [2.24, 2.45) is 0 Å². The molecule has 2 aromatic carbocycles. The van der Waals surface area contributed by atoms with E-state index in [1.165, 1.54) is 24.2 Å². The van der Waals surface area contributed by atoms with Gasteiger partial charge in [0.05, 0.1) is 16.3 Å². The summed E-state index contributed by atoms with van der Waals surface area (Å²) < 4.78 is 1.14. The lowest BCUT2D eigenvalue weighted by molar-refractivity contribution is 0.103. The molecule has 0 unspecified atom stereocenters. The molecule has 3 aromatic rings. The number of anilines is 2. The molecular weight excluding hydrogens is 304 g/mol. The van der Waals surface area contributed by atoms with Crippen LogP contribution in [0.1, 0.15) is 22.5 Å². The number of benzene rings is 2. The molecule has 116 valence electrons. The summed E-state index contributed by atoms with van der Waals surface area (Å²) in [5, 5.41) is 4.22. The Morgan fingerprint density at radius 1 is 1.00 bits per heavy atom. The summed E-state index contributed by atoms with van der Waals surface area (Å²) in [5.74, 6) is -0.0298. The number of hydrogen-bond donors (Lipinski definition) is 1. The van der Waals surface area contributed by atoms with Crippen LogP contribution in [0.5, 0.6) is 0 Å². The summed E-state index contributed by atoms with van der Waals surface area (Å²) in [7, 11) is 0. The fourth-order valence-electron chi connectivity index (χ4n) is 3.09. The molecule has 1 amide bonds. The number of nitrogens with one attached hydrogen (secondary N) is 1. The molecule has 1 aliphatic heterocycles. The molecule has 1 fully saturated rings. The predicted octanol–water partition coefficient (Wildman–Crippen LogP) is 4.75. The van der Waals surface area contributed by atoms with Crippen LogP contribution < -0.4 is 10.2 Å². The summed E-state index contributed by atoms with van der Waals surface area (Å²) >= 11 is 1.54. The molecule has 23 heavy (non-hydrogen) atoms. The van der Waals surface area contributed by atoms with Gasteiger partial charge in [-0.2, -0.15) is 0 Å². The van der Waals surface area contributed by atoms with Crippen molar-refractivity contribution >= 4 is 38.7 Å². The maximum atomic E-state index is 12.6. The number of fused-ring (bicyclic) bond motifs is 1. The van der Waals surface area contributed by atoms with Crippen molar-refractivity contribution in [2.75, 3.05) is 23.3 Å². The highest BCUT2D eigenvalue weighted by Crippen LogP contribution is 2.30. The minimum absolute atomic E-state index is 0.0298. The summed E-state index contributed by atoms with van der Waals surface area (Å²) in [5.41, 5.74) is 2.02. The molecule has 0 spiro atoms. The van der Waals surface area contributed by atoms with Crippen LogP contribution in [-0.2, 0) is 0 Å². The zero-order valence-corrected chi connectivity index (χ0v) is 13.6. The van der Waals surface area contributed by atoms with Gasteiger partial charge in [0.2, 0.25) is 0 Å². The molecule has 1 aromatic heterocycles. The van der Waals surface area contributed by atoms with Gasteiger partial charge in [0.15, 0.2) is 0 Å². The van der Waals surface area contributed by atoms with Crippen molar-refractivity contribution in [1.29, 1.82) is 0 Å². The second-order valence-electron chi connectivity index (χ2n) is 5.81. The molecule has 2 heterocycles. The quantitative estimate of drug-likeness (QED) is 0.754. The Bertz CT molecular complexity index is 816. The van der Waals surface area contributed by atoms with Gasteiger partial charge in [0.25, 0.3) is 5.91 Å². The number of carbonyl (C=O) groups excluding carboxylic acids is 1. The van der Waals surface area contributed by atoms with Crippen LogP contribution in [0.3, 0.4) is 0 Å². The molecule has 0 aliphatic carbocycles. The van der Waals surface area contributed by atoms with Gasteiger partial charge in [-0.15, -0.1) is 11.3 Å². The third-order valence-corrected chi connectivity index (χ3v) is 5.36. The van der Waals surface area contributed by atoms with Crippen LogP contribution in [0.25, 0.3) is 10.1 Å². The average molecular weight is 322 g/mol. The van der Waals surface area contributed by atoms with E-state index in [4.69, 9.17) is 0 Å². The topological polar surface area (TPSA) is 32.3 Å². The van der Waals surface area contributed by atoms with Crippen LogP contribution in [0.2, 0.25) is 0 Å². The second-order valence-corrected chi connectivity index (χ2v) is 6.90. The van der Waals surface area contributed by atoms with E-state index in [0.717, 1.165) is 39.4 Å². The number of hydrogen-bond acceptors (Lipinski definition) is 3. The smallest absolute Gasteiger partial charge is 0.265 e. The third-order valence-electron chi connectivity index (χ3n) is 4.25. The first-order chi connectivity index (χ1) is 11.3. The molecule has 1 aliphatic rings. The number of carbonyl (C=O) groups is 1. The maximum absolute atomic E-state index is 12.6. The van der Waals surface area contributed by atoms with Gasteiger partial charge in [0, 0.05) is 17.8 Å².